The Morgan fingerprint density at radius 2 is 0.579 bits per heavy atom. The lowest BCUT2D eigenvalue weighted by atomic mass is 9.70. The molecule has 16 heteroatoms. The first kappa shape index (κ1) is 82.3. The third-order valence-corrected chi connectivity index (χ3v) is 29.1. The summed E-state index contributed by atoms with van der Waals surface area (Å²) >= 11 is 0. The van der Waals surface area contributed by atoms with E-state index < -0.39 is 0 Å². The highest BCUT2D eigenvalue weighted by atomic mass is 15.1. The van der Waals surface area contributed by atoms with Crippen molar-refractivity contribution in [2.24, 2.45) is 0 Å². The molecule has 0 amide bonds. The van der Waals surface area contributed by atoms with Gasteiger partial charge in [0.05, 0.1) is 61.6 Å². The molecule has 13 aromatic heterocycles. The molecule has 0 aliphatic heterocycles. The predicted molar refractivity (Wildman–Crippen MR) is 586 cm³/mol. The number of benzene rings is 16. The van der Waals surface area contributed by atoms with Gasteiger partial charge in [0.2, 0.25) is 0 Å². The highest BCUT2D eigenvalue weighted by Gasteiger charge is 2.52. The van der Waals surface area contributed by atoms with Crippen LogP contribution in [0.3, 0.4) is 0 Å². The van der Waals surface area contributed by atoms with Crippen LogP contribution in [0.2, 0.25) is 0 Å². The Bertz CT molecular complexity index is 10200. The number of hydrogen-bond acceptors (Lipinski definition) is 12. The maximum atomic E-state index is 5.23. The van der Waals surface area contributed by atoms with Crippen LogP contribution in [0.1, 0.15) is 22.3 Å². The van der Waals surface area contributed by atoms with E-state index in [0.29, 0.717) is 17.5 Å². The van der Waals surface area contributed by atoms with Crippen LogP contribution in [0.15, 0.2) is 474 Å². The predicted octanol–water partition coefficient (Wildman–Crippen LogP) is 30.3. The van der Waals surface area contributed by atoms with Crippen LogP contribution in [0.4, 0.5) is 0 Å². The van der Waals surface area contributed by atoms with Gasteiger partial charge in [0.25, 0.3) is 0 Å². The number of fused-ring (bicyclic) bond motifs is 28. The van der Waals surface area contributed by atoms with Gasteiger partial charge in [-0.05, 0) is 222 Å². The van der Waals surface area contributed by atoms with E-state index >= 15 is 0 Å². The number of nitrogens with zero attached hydrogens (tertiary/aromatic N) is 16. The Morgan fingerprint density at radius 3 is 1.11 bits per heavy atom. The number of hydrogen-bond donors (Lipinski definition) is 0. The summed E-state index contributed by atoms with van der Waals surface area (Å²) in [5.74, 6) is 3.58. The van der Waals surface area contributed by atoms with Crippen LogP contribution >= 0.6 is 0 Å². The number of aromatic nitrogens is 16. The van der Waals surface area contributed by atoms with Gasteiger partial charge < -0.3 is 4.40 Å². The molecule has 0 radical (unpaired) electrons. The normalized spacial score (nSPS) is 12.3. The van der Waals surface area contributed by atoms with Crippen molar-refractivity contribution < 1.29 is 0 Å². The van der Waals surface area contributed by atoms with Crippen molar-refractivity contribution in [2.45, 2.75) is 5.41 Å². The van der Waals surface area contributed by atoms with Gasteiger partial charge in [0, 0.05) is 131 Å². The minimum Gasteiger partial charge on any atom is -0.303 e. The van der Waals surface area contributed by atoms with E-state index in [-0.39, 0.29) is 5.41 Å². The van der Waals surface area contributed by atoms with E-state index in [1.54, 1.807) is 0 Å². The second-order valence-electron chi connectivity index (χ2n) is 37.0. The molecule has 31 rings (SSSR count). The van der Waals surface area contributed by atoms with Gasteiger partial charge in [-0.3, -0.25) is 28.7 Å². The highest BCUT2D eigenvalue weighted by molar-refractivity contribution is 6.23. The zero-order valence-corrected chi connectivity index (χ0v) is 77.7. The summed E-state index contributed by atoms with van der Waals surface area (Å²) in [7, 11) is 0. The SMILES string of the molecule is c1ccc(-c2cn3cc(-c4c5ccccc5c(-c5ccc6c(c5)c5cccnc5n6-c5ccc6ccc7cccnc7c6n5)c5ccccc45)ncc3n2)cc1.c1ccc(-c2nc(-c3ccccc3)nc(-c3ccc(-n4c5ccccc5c5cccnc54)cc3)n2)cc1.c1ccc2c(c1)-c1ccccc1C21c2ccccc2-c2ccc(-c3ccc4c(c3)c3cccnc3n4-c3ccc4ccc5cccnc5c4n3)cc21. The van der Waals surface area contributed by atoms with Gasteiger partial charge in [-0.25, -0.2) is 44.9 Å². The number of para-hydroxylation sites is 1. The molecule has 13 heterocycles. The monoisotopic (exact) mass is 1850 g/mol. The molecule has 0 atom stereocenters. The average Bonchev–Trinajstić information content (AvgIpc) is 1.50. The minimum atomic E-state index is -0.375. The third kappa shape index (κ3) is 13.2. The van der Waals surface area contributed by atoms with Crippen LogP contribution in [0.5, 0.6) is 0 Å². The fourth-order valence-electron chi connectivity index (χ4n) is 22.7. The fourth-order valence-corrected chi connectivity index (χ4v) is 22.7. The fraction of sp³-hybridized carbons (Fsp3) is 0.00775. The van der Waals surface area contributed by atoms with Gasteiger partial charge in [-0.15, -0.1) is 0 Å². The molecule has 0 fully saturated rings. The van der Waals surface area contributed by atoms with Crippen molar-refractivity contribution in [3.05, 3.63) is 496 Å². The van der Waals surface area contributed by atoms with Crippen molar-refractivity contribution in [1.82, 2.24) is 77.9 Å². The lowest BCUT2D eigenvalue weighted by molar-refractivity contribution is 0.794. The smallest absolute Gasteiger partial charge is 0.164 e. The van der Waals surface area contributed by atoms with Gasteiger partial charge in [0.15, 0.2) is 23.1 Å². The van der Waals surface area contributed by atoms with E-state index in [1.165, 1.54) is 66.6 Å². The molecular weight excluding hydrogens is 1770 g/mol. The molecule has 2 aliphatic carbocycles. The molecule has 2 aliphatic rings. The molecule has 145 heavy (non-hydrogen) atoms. The summed E-state index contributed by atoms with van der Waals surface area (Å²) in [6, 6.07) is 150. The van der Waals surface area contributed by atoms with Crippen LogP contribution in [0.25, 0.3) is 255 Å². The van der Waals surface area contributed by atoms with Gasteiger partial charge in [-0.2, -0.15) is 0 Å². The van der Waals surface area contributed by atoms with Crippen molar-refractivity contribution in [3.63, 3.8) is 0 Å². The van der Waals surface area contributed by atoms with Crippen LogP contribution < -0.4 is 0 Å². The highest BCUT2D eigenvalue weighted by Crippen LogP contribution is 2.63. The summed E-state index contributed by atoms with van der Waals surface area (Å²) in [5, 5.41) is 15.6. The molecule has 0 bridgehead atoms. The second kappa shape index (κ2) is 33.2. The molecule has 0 saturated carbocycles. The zero-order valence-electron chi connectivity index (χ0n) is 77.7. The maximum Gasteiger partial charge on any atom is 0.164 e. The number of pyridine rings is 7. The molecular formula is C129H78N16. The van der Waals surface area contributed by atoms with E-state index in [1.807, 2.05) is 146 Å². The summed E-state index contributed by atoms with van der Waals surface area (Å²) < 4.78 is 8.66. The largest absolute Gasteiger partial charge is 0.303 e. The van der Waals surface area contributed by atoms with Gasteiger partial charge >= 0.3 is 0 Å². The Hall–Kier alpha value is -19.8. The van der Waals surface area contributed by atoms with E-state index in [2.05, 4.69) is 346 Å². The lowest BCUT2D eigenvalue weighted by Gasteiger charge is -2.30. The van der Waals surface area contributed by atoms with Crippen LogP contribution in [-0.2, 0) is 5.41 Å². The molecule has 16 nitrogen and oxygen atoms in total. The summed E-state index contributed by atoms with van der Waals surface area (Å²) in [6.07, 6.45) is 15.3. The lowest BCUT2D eigenvalue weighted by Crippen LogP contribution is -2.25. The Morgan fingerprint density at radius 1 is 0.207 bits per heavy atom. The number of imidazole rings is 1. The van der Waals surface area contributed by atoms with Gasteiger partial charge in [0.1, 0.15) is 28.6 Å². The van der Waals surface area contributed by atoms with E-state index in [4.69, 9.17) is 59.8 Å². The first-order valence-electron chi connectivity index (χ1n) is 48.6. The molecule has 0 N–H and O–H groups in total. The Balaban J connectivity index is 0.000000105. The quantitative estimate of drug-likeness (QED) is 0.0938. The molecule has 16 aromatic carbocycles. The van der Waals surface area contributed by atoms with Crippen molar-refractivity contribution in [1.29, 1.82) is 0 Å². The summed E-state index contributed by atoms with van der Waals surface area (Å²) in [4.78, 5) is 58.8. The van der Waals surface area contributed by atoms with Crippen molar-refractivity contribution >= 4 is 137 Å². The molecule has 29 aromatic rings. The average molecular weight is 1850 g/mol. The van der Waals surface area contributed by atoms with Crippen LogP contribution in [-0.4, -0.2) is 77.9 Å². The topological polar surface area (TPSA) is 174 Å². The van der Waals surface area contributed by atoms with Crippen LogP contribution in [0, 0.1) is 0 Å². The van der Waals surface area contributed by atoms with Gasteiger partial charge in [-0.1, -0.05) is 291 Å². The molecule has 0 unspecified atom stereocenters. The van der Waals surface area contributed by atoms with E-state index in [0.717, 1.165) is 193 Å². The van der Waals surface area contributed by atoms with Crippen molar-refractivity contribution in [2.75, 3.05) is 0 Å². The summed E-state index contributed by atoms with van der Waals surface area (Å²) in [6.45, 7) is 0. The first-order valence-corrected chi connectivity index (χ1v) is 48.6. The summed E-state index contributed by atoms with van der Waals surface area (Å²) in [5.41, 5.74) is 33.1. The first-order chi connectivity index (χ1) is 71.9. The Labute approximate surface area is 829 Å². The Kier molecular flexibility index (Phi) is 18.8. The van der Waals surface area contributed by atoms with E-state index in [9.17, 15) is 0 Å². The second-order valence-corrected chi connectivity index (χ2v) is 37.0. The third-order valence-electron chi connectivity index (χ3n) is 29.1. The zero-order chi connectivity index (χ0) is 95.3. The minimum absolute atomic E-state index is 0.375. The molecule has 0 saturated heterocycles. The van der Waals surface area contributed by atoms with Crippen molar-refractivity contribution in [3.8, 4) is 119 Å². The molecule has 1 spiro atoms. The number of rotatable bonds is 10. The maximum absolute atomic E-state index is 5.23. The standard InChI is InChI=1S/C49H29N7.C48H28N4.C32H21N5/c1-2-10-30(11-3-1)40-28-55-29-41(52-27-44(55)53-40)46-36-15-6-4-13-34(36)45(35-14-5-7-16-37(35)46)33-20-22-42-39(26-33)38-17-9-25-51-49(38)56(42)43-23-21-32-19-18-31-12-8-24-50-47(31)48(32)54-43;1-4-14-39-33(10-1)34-11-2-5-15-40(34)48(39)41-16-6-3-12-35(41)36-22-19-32(28-42(36)48)31-20-23-43-38(27-31)37-13-8-26-50-47(37)52(43)44-24-21-30-18-17-29-9-7-25-49-45(29)46(30)51-44;1-3-10-22(11-4-1)29-34-30(23-12-5-2-6-13-23)36-31(35-29)24-17-19-25(20-18-24)37-28-16-8-7-14-26(28)27-15-9-21-33-32(27)37/h1-29H;1-28H;1-21H. The molecule has 674 valence electrons.